The molecule has 0 amide bonds. The second-order valence-corrected chi connectivity index (χ2v) is 5.87. The third-order valence-corrected chi connectivity index (χ3v) is 2.95. The summed E-state index contributed by atoms with van der Waals surface area (Å²) in [5.74, 6) is 0.789. The van der Waals surface area contributed by atoms with Crippen LogP contribution in [0.4, 0.5) is 0 Å². The molecule has 0 rings (SSSR count). The molecule has 98 valence electrons. The summed E-state index contributed by atoms with van der Waals surface area (Å²) in [6.07, 6.45) is 7.90. The van der Waals surface area contributed by atoms with Gasteiger partial charge < -0.3 is 9.79 Å². The van der Waals surface area contributed by atoms with Gasteiger partial charge in [-0.1, -0.05) is 52.4 Å². The normalized spacial score (nSPS) is 12.3. The predicted molar refractivity (Wildman–Crippen MR) is 65.2 cm³/mol. The summed E-state index contributed by atoms with van der Waals surface area (Å²) in [6, 6.07) is 0. The maximum absolute atomic E-state index is 10.3. The molecular weight excluding hydrogens is 227 g/mol. The van der Waals surface area contributed by atoms with E-state index in [9.17, 15) is 4.57 Å². The summed E-state index contributed by atoms with van der Waals surface area (Å²) in [5, 5.41) is 0. The highest BCUT2D eigenvalue weighted by atomic mass is 31.2. The molecule has 2 N–H and O–H groups in total. The van der Waals surface area contributed by atoms with Crippen LogP contribution in [0.5, 0.6) is 0 Å². The van der Waals surface area contributed by atoms with Crippen LogP contribution in [0.15, 0.2) is 0 Å². The quantitative estimate of drug-likeness (QED) is 0.461. The van der Waals surface area contributed by atoms with Gasteiger partial charge in [-0.15, -0.1) is 0 Å². The van der Waals surface area contributed by atoms with Gasteiger partial charge in [0.25, 0.3) is 0 Å². The molecule has 0 saturated heterocycles. The minimum absolute atomic E-state index is 0.163. The van der Waals surface area contributed by atoms with Crippen molar-refractivity contribution in [3.63, 3.8) is 0 Å². The van der Waals surface area contributed by atoms with Crippen LogP contribution in [0.3, 0.4) is 0 Å². The number of hydrogen-bond acceptors (Lipinski definition) is 2. The van der Waals surface area contributed by atoms with Crippen LogP contribution in [0.2, 0.25) is 0 Å². The lowest BCUT2D eigenvalue weighted by molar-refractivity contribution is 0.193. The largest absolute Gasteiger partial charge is 0.469 e. The fraction of sp³-hybridized carbons (Fsp3) is 1.00. The number of phosphoric ester groups is 1. The molecule has 0 bridgehead atoms. The lowest BCUT2D eigenvalue weighted by Gasteiger charge is -2.05. The van der Waals surface area contributed by atoms with Crippen LogP contribution < -0.4 is 0 Å². The molecular formula is C11H25O4P. The van der Waals surface area contributed by atoms with Crippen LogP contribution in [-0.4, -0.2) is 16.4 Å². The number of phosphoric acid groups is 1. The van der Waals surface area contributed by atoms with Gasteiger partial charge in [-0.2, -0.15) is 0 Å². The molecule has 16 heavy (non-hydrogen) atoms. The maximum Gasteiger partial charge on any atom is 0.469 e. The highest BCUT2D eigenvalue weighted by Gasteiger charge is 2.12. The fourth-order valence-corrected chi connectivity index (χ4v) is 1.91. The van der Waals surface area contributed by atoms with Gasteiger partial charge in [-0.25, -0.2) is 4.57 Å². The number of rotatable bonds is 10. The van der Waals surface area contributed by atoms with Gasteiger partial charge in [0.05, 0.1) is 6.61 Å². The SMILES string of the molecule is CC(C)CCCCCCCCOP(=O)(O)O. The molecule has 0 atom stereocenters. The minimum Gasteiger partial charge on any atom is -0.303 e. The smallest absolute Gasteiger partial charge is 0.303 e. The third-order valence-electron chi connectivity index (χ3n) is 2.44. The van der Waals surface area contributed by atoms with Crippen LogP contribution in [0.1, 0.15) is 58.8 Å². The topological polar surface area (TPSA) is 66.8 Å². The molecule has 0 saturated carbocycles. The van der Waals surface area contributed by atoms with Crippen molar-refractivity contribution in [1.29, 1.82) is 0 Å². The first-order chi connectivity index (χ1) is 7.42. The van der Waals surface area contributed by atoms with Gasteiger partial charge in [-0.05, 0) is 12.3 Å². The van der Waals surface area contributed by atoms with Gasteiger partial charge >= 0.3 is 7.82 Å². The Balaban J connectivity index is 3.08. The Kier molecular flexibility index (Phi) is 9.24. The standard InChI is InChI=1S/C11H25O4P/c1-11(2)9-7-5-3-4-6-8-10-15-16(12,13)14/h11H,3-10H2,1-2H3,(H2,12,13,14). The number of hydrogen-bond donors (Lipinski definition) is 2. The Hall–Kier alpha value is 0.110. The first kappa shape index (κ1) is 16.1. The van der Waals surface area contributed by atoms with Gasteiger partial charge in [0.1, 0.15) is 0 Å². The Labute approximate surface area is 98.6 Å². The van der Waals surface area contributed by atoms with E-state index in [0.717, 1.165) is 25.2 Å². The maximum atomic E-state index is 10.3. The Morgan fingerprint density at radius 3 is 2.00 bits per heavy atom. The lowest BCUT2D eigenvalue weighted by atomic mass is 10.0. The average Bonchev–Trinajstić information content (AvgIpc) is 2.13. The van der Waals surface area contributed by atoms with E-state index in [0.29, 0.717) is 0 Å². The van der Waals surface area contributed by atoms with E-state index >= 15 is 0 Å². The predicted octanol–water partition coefficient (Wildman–Crippen LogP) is 3.48. The van der Waals surface area contributed by atoms with E-state index in [1.165, 1.54) is 25.7 Å². The van der Waals surface area contributed by atoms with Gasteiger partial charge in [0.2, 0.25) is 0 Å². The Morgan fingerprint density at radius 2 is 1.50 bits per heavy atom. The van der Waals surface area contributed by atoms with E-state index in [-0.39, 0.29) is 6.61 Å². The van der Waals surface area contributed by atoms with E-state index in [1.54, 1.807) is 0 Å². The summed E-state index contributed by atoms with van der Waals surface area (Å²) in [4.78, 5) is 16.9. The molecule has 0 unspecified atom stereocenters. The number of unbranched alkanes of at least 4 members (excludes halogenated alkanes) is 5. The first-order valence-electron chi connectivity index (χ1n) is 6.12. The Bertz CT molecular complexity index is 200. The molecule has 0 spiro atoms. The van der Waals surface area contributed by atoms with E-state index in [1.807, 2.05) is 0 Å². The highest BCUT2D eigenvalue weighted by Crippen LogP contribution is 2.35. The lowest BCUT2D eigenvalue weighted by Crippen LogP contribution is -1.92. The third kappa shape index (κ3) is 14.1. The van der Waals surface area contributed by atoms with Gasteiger partial charge in [0, 0.05) is 0 Å². The van der Waals surface area contributed by atoms with Crippen molar-refractivity contribution in [2.24, 2.45) is 5.92 Å². The monoisotopic (exact) mass is 252 g/mol. The molecule has 0 aliphatic rings. The summed E-state index contributed by atoms with van der Waals surface area (Å²) >= 11 is 0. The molecule has 0 aromatic carbocycles. The molecule has 0 radical (unpaired) electrons. The average molecular weight is 252 g/mol. The summed E-state index contributed by atoms with van der Waals surface area (Å²) in [6.45, 7) is 4.63. The summed E-state index contributed by atoms with van der Waals surface area (Å²) in [5.41, 5.74) is 0. The molecule has 0 aliphatic heterocycles. The zero-order chi connectivity index (χ0) is 12.4. The van der Waals surface area contributed by atoms with E-state index in [2.05, 4.69) is 18.4 Å². The van der Waals surface area contributed by atoms with E-state index in [4.69, 9.17) is 9.79 Å². The van der Waals surface area contributed by atoms with Crippen LogP contribution in [-0.2, 0) is 9.09 Å². The molecule has 0 aliphatic carbocycles. The molecule has 0 aromatic rings. The summed E-state index contributed by atoms with van der Waals surface area (Å²) in [7, 11) is -4.24. The summed E-state index contributed by atoms with van der Waals surface area (Å²) < 4.78 is 14.7. The molecule has 5 heteroatoms. The zero-order valence-corrected chi connectivity index (χ0v) is 11.3. The molecule has 0 fully saturated rings. The zero-order valence-electron chi connectivity index (χ0n) is 10.4. The van der Waals surface area contributed by atoms with Crippen LogP contribution in [0, 0.1) is 5.92 Å². The van der Waals surface area contributed by atoms with Crippen LogP contribution >= 0.6 is 7.82 Å². The van der Waals surface area contributed by atoms with Crippen molar-refractivity contribution in [1.82, 2.24) is 0 Å². The second kappa shape index (κ2) is 9.17. The first-order valence-corrected chi connectivity index (χ1v) is 7.65. The highest BCUT2D eigenvalue weighted by molar-refractivity contribution is 7.46. The van der Waals surface area contributed by atoms with Crippen molar-refractivity contribution >= 4 is 7.82 Å². The van der Waals surface area contributed by atoms with Crippen LogP contribution in [0.25, 0.3) is 0 Å². The van der Waals surface area contributed by atoms with Crippen molar-refractivity contribution in [2.75, 3.05) is 6.61 Å². The Morgan fingerprint density at radius 1 is 1.00 bits per heavy atom. The van der Waals surface area contributed by atoms with Crippen molar-refractivity contribution in [2.45, 2.75) is 58.8 Å². The van der Waals surface area contributed by atoms with Crippen molar-refractivity contribution < 1.29 is 18.9 Å². The molecule has 0 aromatic heterocycles. The van der Waals surface area contributed by atoms with Gasteiger partial charge in [-0.3, -0.25) is 4.52 Å². The van der Waals surface area contributed by atoms with E-state index < -0.39 is 7.82 Å². The molecule has 0 heterocycles. The van der Waals surface area contributed by atoms with Gasteiger partial charge in [0.15, 0.2) is 0 Å². The van der Waals surface area contributed by atoms with Crippen molar-refractivity contribution in [3.05, 3.63) is 0 Å². The molecule has 4 nitrogen and oxygen atoms in total. The van der Waals surface area contributed by atoms with Crippen molar-refractivity contribution in [3.8, 4) is 0 Å². The fourth-order valence-electron chi connectivity index (χ4n) is 1.55. The minimum atomic E-state index is -4.24. The second-order valence-electron chi connectivity index (χ2n) is 4.63.